The molecular formula is C11H20N2O2. The zero-order valence-corrected chi connectivity index (χ0v) is 10.2. The zero-order valence-electron chi connectivity index (χ0n) is 10.2. The summed E-state index contributed by atoms with van der Waals surface area (Å²) in [6.45, 7) is 10.8. The lowest BCUT2D eigenvalue weighted by Crippen LogP contribution is -2.07. The summed E-state index contributed by atoms with van der Waals surface area (Å²) in [6, 6.07) is 0. The topological polar surface area (TPSA) is 44.1 Å². The molecule has 0 aliphatic heterocycles. The Morgan fingerprint density at radius 2 is 2.07 bits per heavy atom. The molecule has 0 aromatic carbocycles. The van der Waals surface area contributed by atoms with E-state index in [1.807, 2.05) is 33.9 Å². The minimum Gasteiger partial charge on any atom is -0.461 e. The summed E-state index contributed by atoms with van der Waals surface area (Å²) >= 11 is 0. The van der Waals surface area contributed by atoms with Crippen LogP contribution in [-0.4, -0.2) is 22.4 Å². The summed E-state index contributed by atoms with van der Waals surface area (Å²) < 4.78 is 6.58. The molecule has 0 bridgehead atoms. The number of esters is 1. The molecule has 4 nitrogen and oxygen atoms in total. The van der Waals surface area contributed by atoms with Gasteiger partial charge in [-0.1, -0.05) is 13.8 Å². The summed E-state index contributed by atoms with van der Waals surface area (Å²) in [5, 5.41) is 4.09. The van der Waals surface area contributed by atoms with E-state index in [-0.39, 0.29) is 5.97 Å². The van der Waals surface area contributed by atoms with Gasteiger partial charge in [-0.15, -0.1) is 0 Å². The molecule has 1 aromatic heterocycles. The Morgan fingerprint density at radius 1 is 1.47 bits per heavy atom. The Hall–Kier alpha value is -1.32. The number of carbonyl (C=O) groups is 1. The van der Waals surface area contributed by atoms with Crippen LogP contribution in [0, 0.1) is 6.92 Å². The van der Waals surface area contributed by atoms with Gasteiger partial charge in [-0.2, -0.15) is 5.10 Å². The number of ether oxygens (including phenoxy) is 1. The van der Waals surface area contributed by atoms with E-state index in [1.54, 1.807) is 11.6 Å². The lowest BCUT2D eigenvalue weighted by Gasteiger charge is -1.97. The minimum absolute atomic E-state index is 0.341. The Labute approximate surface area is 91.2 Å². The lowest BCUT2D eigenvalue weighted by molar-refractivity contribution is 0.0517. The van der Waals surface area contributed by atoms with Crippen molar-refractivity contribution >= 4 is 5.97 Å². The highest BCUT2D eigenvalue weighted by molar-refractivity contribution is 5.88. The molecule has 1 rings (SSSR count). The first-order valence-corrected chi connectivity index (χ1v) is 5.40. The van der Waals surface area contributed by atoms with E-state index in [4.69, 9.17) is 4.74 Å². The summed E-state index contributed by atoms with van der Waals surface area (Å²) in [7, 11) is 0. The molecule has 0 unspecified atom stereocenters. The molecule has 15 heavy (non-hydrogen) atoms. The molecule has 86 valence electrons. The number of nitrogens with zero attached hydrogens (tertiary/aromatic N) is 2. The van der Waals surface area contributed by atoms with E-state index in [0.29, 0.717) is 12.3 Å². The van der Waals surface area contributed by atoms with Crippen LogP contribution >= 0.6 is 0 Å². The summed E-state index contributed by atoms with van der Waals surface area (Å²) in [5.41, 5.74) is 1.28. The maximum Gasteiger partial charge on any atom is 0.359 e. The fourth-order valence-corrected chi connectivity index (χ4v) is 1.08. The van der Waals surface area contributed by atoms with Gasteiger partial charge in [-0.3, -0.25) is 4.68 Å². The minimum atomic E-state index is -0.341. The maximum absolute atomic E-state index is 11.3. The van der Waals surface area contributed by atoms with Gasteiger partial charge in [0.05, 0.1) is 6.61 Å². The normalized spacial score (nSPS) is 9.13. The van der Waals surface area contributed by atoms with Gasteiger partial charge in [0.1, 0.15) is 0 Å². The van der Waals surface area contributed by atoms with Gasteiger partial charge < -0.3 is 4.74 Å². The second-order valence-electron chi connectivity index (χ2n) is 2.74. The van der Waals surface area contributed by atoms with Gasteiger partial charge in [0, 0.05) is 18.3 Å². The monoisotopic (exact) mass is 212 g/mol. The second kappa shape index (κ2) is 7.04. The van der Waals surface area contributed by atoms with Crippen molar-refractivity contribution in [1.82, 2.24) is 9.78 Å². The van der Waals surface area contributed by atoms with Crippen molar-refractivity contribution in [3.8, 4) is 0 Å². The van der Waals surface area contributed by atoms with Crippen molar-refractivity contribution in [2.75, 3.05) is 6.61 Å². The van der Waals surface area contributed by atoms with Crippen LogP contribution < -0.4 is 0 Å². The van der Waals surface area contributed by atoms with E-state index >= 15 is 0 Å². The molecule has 0 saturated heterocycles. The van der Waals surface area contributed by atoms with Crippen LogP contribution in [0.5, 0.6) is 0 Å². The summed E-state index contributed by atoms with van der Waals surface area (Å²) in [6.07, 6.45) is 1.84. The van der Waals surface area contributed by atoms with Crippen LogP contribution in [0.25, 0.3) is 0 Å². The van der Waals surface area contributed by atoms with Gasteiger partial charge in [-0.25, -0.2) is 4.79 Å². The molecule has 0 spiro atoms. The first-order chi connectivity index (χ1) is 7.19. The number of carbonyl (C=O) groups excluding carboxylic acids is 1. The number of rotatable bonds is 3. The molecule has 0 atom stereocenters. The molecule has 0 aliphatic carbocycles. The van der Waals surface area contributed by atoms with E-state index < -0.39 is 0 Å². The number of hydrogen-bond acceptors (Lipinski definition) is 3. The van der Waals surface area contributed by atoms with Crippen LogP contribution in [0.4, 0.5) is 0 Å². The predicted octanol–water partition coefficient (Wildman–Crippen LogP) is 2.41. The van der Waals surface area contributed by atoms with E-state index in [2.05, 4.69) is 5.10 Å². The molecule has 1 heterocycles. The quantitative estimate of drug-likeness (QED) is 0.723. The average molecular weight is 212 g/mol. The van der Waals surface area contributed by atoms with Crippen LogP contribution in [0.2, 0.25) is 0 Å². The van der Waals surface area contributed by atoms with E-state index in [0.717, 1.165) is 12.1 Å². The Morgan fingerprint density at radius 3 is 2.47 bits per heavy atom. The molecule has 0 saturated carbocycles. The third-order valence-electron chi connectivity index (χ3n) is 1.74. The highest BCUT2D eigenvalue weighted by atomic mass is 16.5. The van der Waals surface area contributed by atoms with Crippen molar-refractivity contribution in [3.05, 3.63) is 17.5 Å². The lowest BCUT2D eigenvalue weighted by atomic mass is 10.3. The summed E-state index contributed by atoms with van der Waals surface area (Å²) in [5.74, 6) is -0.341. The number of aryl methyl sites for hydroxylation is 2. The molecule has 0 fully saturated rings. The molecule has 0 N–H and O–H groups in total. The van der Waals surface area contributed by atoms with Crippen LogP contribution in [0.3, 0.4) is 0 Å². The van der Waals surface area contributed by atoms with Crippen molar-refractivity contribution < 1.29 is 9.53 Å². The average Bonchev–Trinajstić information content (AvgIpc) is 2.63. The zero-order chi connectivity index (χ0) is 11.8. The van der Waals surface area contributed by atoms with Crippen LogP contribution in [-0.2, 0) is 11.3 Å². The first-order valence-electron chi connectivity index (χ1n) is 5.40. The summed E-state index contributed by atoms with van der Waals surface area (Å²) in [4.78, 5) is 11.3. The molecule has 1 aromatic rings. The van der Waals surface area contributed by atoms with Gasteiger partial charge in [0.2, 0.25) is 0 Å². The van der Waals surface area contributed by atoms with Crippen molar-refractivity contribution in [1.29, 1.82) is 0 Å². The van der Waals surface area contributed by atoms with E-state index in [1.165, 1.54) is 0 Å². The third kappa shape index (κ3) is 3.73. The Bertz CT molecular complexity index is 306. The number of aromatic nitrogens is 2. The standard InChI is InChI=1S/C9H14N2O2.C2H6/c1-4-11-6-7(3)8(10-11)9(12)13-5-2;1-2/h6H,4-5H2,1-3H3;1-2H3. The largest absolute Gasteiger partial charge is 0.461 e. The van der Waals surface area contributed by atoms with Gasteiger partial charge in [0.25, 0.3) is 0 Å². The molecule has 0 aliphatic rings. The van der Waals surface area contributed by atoms with Gasteiger partial charge in [-0.05, 0) is 20.8 Å². The fraction of sp³-hybridized carbons (Fsp3) is 0.636. The smallest absolute Gasteiger partial charge is 0.359 e. The molecule has 0 amide bonds. The highest BCUT2D eigenvalue weighted by Gasteiger charge is 2.13. The number of hydrogen-bond donors (Lipinski definition) is 0. The predicted molar refractivity (Wildman–Crippen MR) is 59.9 cm³/mol. The van der Waals surface area contributed by atoms with Crippen molar-refractivity contribution in [2.24, 2.45) is 0 Å². The van der Waals surface area contributed by atoms with Crippen molar-refractivity contribution in [3.63, 3.8) is 0 Å². The Kier molecular flexibility index (Phi) is 6.42. The van der Waals surface area contributed by atoms with Crippen LogP contribution in [0.1, 0.15) is 43.7 Å². The first kappa shape index (κ1) is 13.7. The highest BCUT2D eigenvalue weighted by Crippen LogP contribution is 2.06. The van der Waals surface area contributed by atoms with Gasteiger partial charge >= 0.3 is 5.97 Å². The van der Waals surface area contributed by atoms with Crippen molar-refractivity contribution in [2.45, 2.75) is 41.2 Å². The maximum atomic E-state index is 11.3. The molecule has 0 radical (unpaired) electrons. The third-order valence-corrected chi connectivity index (χ3v) is 1.74. The van der Waals surface area contributed by atoms with E-state index in [9.17, 15) is 4.79 Å². The molecular weight excluding hydrogens is 192 g/mol. The van der Waals surface area contributed by atoms with Crippen LogP contribution in [0.15, 0.2) is 6.20 Å². The molecule has 4 heteroatoms. The fourth-order valence-electron chi connectivity index (χ4n) is 1.08. The second-order valence-corrected chi connectivity index (χ2v) is 2.74. The Balaban J connectivity index is 0.000000921. The van der Waals surface area contributed by atoms with Gasteiger partial charge in [0.15, 0.2) is 5.69 Å². The SMILES string of the molecule is CC.CCOC(=O)c1nn(CC)cc1C.